The van der Waals surface area contributed by atoms with Crippen molar-refractivity contribution in [1.82, 2.24) is 8.15 Å². The van der Waals surface area contributed by atoms with Gasteiger partial charge in [0.2, 0.25) is 0 Å². The molecule has 1 aromatic carbocycles. The van der Waals surface area contributed by atoms with Crippen molar-refractivity contribution in [3.8, 4) is 11.3 Å². The molecular weight excluding hydrogens is 375 g/mol. The summed E-state index contributed by atoms with van der Waals surface area (Å²) in [4.78, 5) is 12.7. The van der Waals surface area contributed by atoms with Crippen LogP contribution < -0.4 is 5.56 Å². The van der Waals surface area contributed by atoms with Crippen LogP contribution >= 0.6 is 12.2 Å². The molecule has 1 heterocycles. The van der Waals surface area contributed by atoms with Crippen molar-refractivity contribution in [3.63, 3.8) is 0 Å². The van der Waals surface area contributed by atoms with Crippen LogP contribution in [0.25, 0.3) is 11.3 Å². The fourth-order valence-electron chi connectivity index (χ4n) is 2.57. The molecule has 0 bridgehead atoms. The molecule has 0 amide bonds. The van der Waals surface area contributed by atoms with Gasteiger partial charge in [-0.15, -0.1) is 0 Å². The quantitative estimate of drug-likeness (QED) is 0.574. The Bertz CT molecular complexity index is 824. The van der Waals surface area contributed by atoms with Crippen LogP contribution in [0.5, 0.6) is 0 Å². The first kappa shape index (κ1) is 18.1. The van der Waals surface area contributed by atoms with E-state index in [-0.39, 0.29) is 11.5 Å². The zero-order valence-corrected chi connectivity index (χ0v) is 16.4. The molecule has 0 aliphatic heterocycles. The SMILES string of the molecule is CCOCn1c(-c2cccc(C)c2)c(C(C)C)c(=O)n([Se])c1=S. The monoisotopic (exact) mass is 397 g/mol. The zero-order valence-electron chi connectivity index (χ0n) is 13.8. The van der Waals surface area contributed by atoms with Gasteiger partial charge in [0, 0.05) is 0 Å². The Hall–Kier alpha value is -1.20. The third-order valence-corrected chi connectivity index (χ3v) is 5.01. The van der Waals surface area contributed by atoms with Gasteiger partial charge in [0.05, 0.1) is 0 Å². The van der Waals surface area contributed by atoms with E-state index in [0.717, 1.165) is 22.4 Å². The van der Waals surface area contributed by atoms with Crippen LogP contribution in [-0.2, 0) is 11.5 Å². The normalized spacial score (nSPS) is 11.2. The summed E-state index contributed by atoms with van der Waals surface area (Å²) in [5.74, 6) is 0.0705. The van der Waals surface area contributed by atoms with Crippen molar-refractivity contribution < 1.29 is 4.74 Å². The Labute approximate surface area is 150 Å². The fraction of sp³-hybridized carbons (Fsp3) is 0.412. The summed E-state index contributed by atoms with van der Waals surface area (Å²) in [6.45, 7) is 8.91. The molecule has 0 saturated heterocycles. The number of ether oxygens (including phenoxy) is 1. The maximum atomic E-state index is 12.7. The Morgan fingerprint density at radius 2 is 2.04 bits per heavy atom. The third kappa shape index (κ3) is 3.66. The minimum absolute atomic E-state index is 0.0705. The molecule has 2 aromatic rings. The molecule has 0 aliphatic carbocycles. The van der Waals surface area contributed by atoms with E-state index in [1.54, 1.807) is 0 Å². The Kier molecular flexibility index (Phi) is 5.98. The van der Waals surface area contributed by atoms with Crippen LogP contribution in [0.3, 0.4) is 0 Å². The first-order valence-corrected chi connectivity index (χ1v) is 8.78. The topological polar surface area (TPSA) is 36.2 Å². The molecule has 6 heteroatoms. The Balaban J connectivity index is 2.90. The van der Waals surface area contributed by atoms with Crippen molar-refractivity contribution in [2.45, 2.75) is 40.3 Å². The zero-order chi connectivity index (χ0) is 17.1. The Morgan fingerprint density at radius 1 is 1.35 bits per heavy atom. The number of hydrogen-bond donors (Lipinski definition) is 0. The molecule has 23 heavy (non-hydrogen) atoms. The van der Waals surface area contributed by atoms with E-state index in [1.165, 1.54) is 3.58 Å². The van der Waals surface area contributed by atoms with Gasteiger partial charge in [-0.25, -0.2) is 0 Å². The molecule has 0 N–H and O–H groups in total. The van der Waals surface area contributed by atoms with Crippen molar-refractivity contribution in [2.75, 3.05) is 6.61 Å². The predicted octanol–water partition coefficient (Wildman–Crippen LogP) is 3.40. The third-order valence-electron chi connectivity index (χ3n) is 3.64. The van der Waals surface area contributed by atoms with Gasteiger partial charge in [-0.1, -0.05) is 0 Å². The molecule has 0 fully saturated rings. The second-order valence-corrected chi connectivity index (χ2v) is 6.85. The van der Waals surface area contributed by atoms with Gasteiger partial charge in [0.25, 0.3) is 0 Å². The fourth-order valence-corrected chi connectivity index (χ4v) is 3.21. The molecule has 1 radical (unpaired) electrons. The Morgan fingerprint density at radius 3 is 2.61 bits per heavy atom. The van der Waals surface area contributed by atoms with Gasteiger partial charge in [-0.2, -0.15) is 0 Å². The molecule has 0 spiro atoms. The van der Waals surface area contributed by atoms with Crippen LogP contribution in [0.4, 0.5) is 0 Å². The van der Waals surface area contributed by atoms with Gasteiger partial charge in [0.15, 0.2) is 0 Å². The van der Waals surface area contributed by atoms with E-state index in [0.29, 0.717) is 18.1 Å². The first-order valence-electron chi connectivity index (χ1n) is 7.60. The molecule has 0 saturated carbocycles. The van der Waals surface area contributed by atoms with E-state index >= 15 is 0 Å². The standard InChI is InChI=1S/C17H21N2O2SSe/c1-5-21-10-18-15(13-8-6-7-12(4)9-13)14(11(2)3)16(20)19(23)17(18)22/h6-9,11H,5,10H2,1-4H3. The van der Waals surface area contributed by atoms with Gasteiger partial charge in [-0.3, -0.25) is 0 Å². The number of aromatic nitrogens is 2. The molecule has 0 unspecified atom stereocenters. The van der Waals surface area contributed by atoms with Crippen molar-refractivity contribution in [2.24, 2.45) is 0 Å². The summed E-state index contributed by atoms with van der Waals surface area (Å²) < 4.78 is 9.31. The number of rotatable bonds is 5. The van der Waals surface area contributed by atoms with Crippen LogP contribution in [0.1, 0.15) is 37.8 Å². The number of benzene rings is 1. The van der Waals surface area contributed by atoms with Crippen molar-refractivity contribution in [3.05, 3.63) is 50.5 Å². The summed E-state index contributed by atoms with van der Waals surface area (Å²) in [5.41, 5.74) is 3.62. The van der Waals surface area contributed by atoms with Gasteiger partial charge in [-0.05, 0) is 0 Å². The predicted molar refractivity (Wildman–Crippen MR) is 96.6 cm³/mol. The summed E-state index contributed by atoms with van der Waals surface area (Å²) in [7, 11) is 0. The van der Waals surface area contributed by atoms with E-state index in [4.69, 9.17) is 17.0 Å². The molecule has 2 rings (SSSR count). The van der Waals surface area contributed by atoms with Crippen LogP contribution in [0.15, 0.2) is 29.1 Å². The van der Waals surface area contributed by atoms with Crippen molar-refractivity contribution >= 4 is 28.4 Å². The maximum absolute atomic E-state index is 12.7. The number of aryl methyl sites for hydroxylation is 1. The molecule has 0 aliphatic rings. The summed E-state index contributed by atoms with van der Waals surface area (Å²) >= 11 is 8.24. The average Bonchev–Trinajstić information content (AvgIpc) is 2.51. The minimum atomic E-state index is -0.0887. The average molecular weight is 396 g/mol. The van der Waals surface area contributed by atoms with Gasteiger partial charge < -0.3 is 0 Å². The first-order chi connectivity index (χ1) is 10.9. The summed E-state index contributed by atoms with van der Waals surface area (Å²) in [6.07, 6.45) is 0. The summed E-state index contributed by atoms with van der Waals surface area (Å²) in [6, 6.07) is 8.11. The van der Waals surface area contributed by atoms with Gasteiger partial charge in [0.1, 0.15) is 0 Å². The second kappa shape index (κ2) is 7.58. The molecule has 4 nitrogen and oxygen atoms in total. The van der Waals surface area contributed by atoms with Crippen LogP contribution in [0, 0.1) is 11.7 Å². The van der Waals surface area contributed by atoms with Crippen LogP contribution in [-0.4, -0.2) is 31.0 Å². The second-order valence-electron chi connectivity index (χ2n) is 5.72. The molecular formula is C17H21N2O2SSe. The number of hydrogen-bond acceptors (Lipinski definition) is 3. The molecule has 1 aromatic heterocycles. The van der Waals surface area contributed by atoms with E-state index in [1.807, 2.05) is 50.5 Å². The van der Waals surface area contributed by atoms with Gasteiger partial charge >= 0.3 is 150 Å². The molecule has 0 atom stereocenters. The van der Waals surface area contributed by atoms with E-state index in [9.17, 15) is 4.79 Å². The van der Waals surface area contributed by atoms with E-state index < -0.39 is 0 Å². The van der Waals surface area contributed by atoms with Crippen LogP contribution in [0.2, 0.25) is 0 Å². The molecule has 123 valence electrons. The summed E-state index contributed by atoms with van der Waals surface area (Å²) in [5, 5.41) is 0. The van der Waals surface area contributed by atoms with E-state index in [2.05, 4.69) is 22.3 Å². The number of nitrogens with zero attached hydrogens (tertiary/aromatic N) is 2. The van der Waals surface area contributed by atoms with Crippen molar-refractivity contribution in [1.29, 1.82) is 0 Å².